The van der Waals surface area contributed by atoms with Gasteiger partial charge in [0, 0.05) is 48.7 Å². The van der Waals surface area contributed by atoms with Gasteiger partial charge in [0.15, 0.2) is 0 Å². The lowest BCUT2D eigenvalue weighted by Gasteiger charge is -2.10. The number of halogens is 2. The third kappa shape index (κ3) is 3.10. The molecule has 0 bridgehead atoms. The smallest absolute Gasteiger partial charge is 0.135 e. The quantitative estimate of drug-likeness (QED) is 0.449. The number of aryl methyl sites for hydroxylation is 2. The Morgan fingerprint density at radius 2 is 1.65 bits per heavy atom. The number of nitrogens with zero attached hydrogens (tertiary/aromatic N) is 6. The Balaban J connectivity index is 1.75. The number of fused-ring (bicyclic) bond motifs is 1. The summed E-state index contributed by atoms with van der Waals surface area (Å²) in [5.74, 6) is -1.40. The summed E-state index contributed by atoms with van der Waals surface area (Å²) in [6.07, 6.45) is 4.91. The van der Waals surface area contributed by atoms with Crippen LogP contribution in [0, 0.1) is 11.6 Å². The second kappa shape index (κ2) is 6.98. The lowest BCUT2D eigenvalue weighted by atomic mass is 10.00. The molecule has 9 heteroatoms. The van der Waals surface area contributed by atoms with E-state index in [1.165, 1.54) is 29.2 Å². The van der Waals surface area contributed by atoms with Crippen LogP contribution in [0.1, 0.15) is 0 Å². The Hall–Kier alpha value is -4.14. The van der Waals surface area contributed by atoms with Crippen LogP contribution in [0.3, 0.4) is 0 Å². The van der Waals surface area contributed by atoms with Crippen LogP contribution < -0.4 is 5.73 Å². The molecule has 0 saturated carbocycles. The van der Waals surface area contributed by atoms with Crippen LogP contribution in [0.15, 0.2) is 55.1 Å². The number of rotatable bonds is 3. The van der Waals surface area contributed by atoms with Gasteiger partial charge in [0.25, 0.3) is 0 Å². The van der Waals surface area contributed by atoms with Gasteiger partial charge < -0.3 is 5.73 Å². The summed E-state index contributed by atoms with van der Waals surface area (Å²) >= 11 is 0. The van der Waals surface area contributed by atoms with Gasteiger partial charge in [0.05, 0.1) is 22.5 Å². The molecule has 3 aromatic heterocycles. The van der Waals surface area contributed by atoms with E-state index < -0.39 is 11.6 Å². The average Bonchev–Trinajstić information content (AvgIpc) is 3.32. The van der Waals surface area contributed by atoms with Crippen LogP contribution in [-0.2, 0) is 14.1 Å². The number of anilines is 1. The first-order valence-electron chi connectivity index (χ1n) is 9.45. The molecule has 5 aromatic rings. The highest BCUT2D eigenvalue weighted by molar-refractivity contribution is 6.00. The average molecular weight is 417 g/mol. The molecule has 31 heavy (non-hydrogen) atoms. The molecule has 0 radical (unpaired) electrons. The topological polar surface area (TPSA) is 87.4 Å². The number of nitrogens with two attached hydrogens (primary N) is 1. The van der Waals surface area contributed by atoms with Crippen LogP contribution in [-0.4, -0.2) is 29.5 Å². The van der Waals surface area contributed by atoms with E-state index in [1.807, 2.05) is 25.4 Å². The van der Waals surface area contributed by atoms with Gasteiger partial charge in [-0.15, -0.1) is 0 Å². The summed E-state index contributed by atoms with van der Waals surface area (Å²) in [6.45, 7) is 0. The molecule has 0 aliphatic carbocycles. The van der Waals surface area contributed by atoms with Crippen molar-refractivity contribution in [3.05, 3.63) is 66.8 Å². The van der Waals surface area contributed by atoms with Gasteiger partial charge in [-0.1, -0.05) is 6.07 Å². The van der Waals surface area contributed by atoms with Crippen LogP contribution in [0.5, 0.6) is 0 Å². The molecule has 5 rings (SSSR count). The van der Waals surface area contributed by atoms with E-state index in [0.717, 1.165) is 11.3 Å². The molecule has 0 spiro atoms. The standard InChI is InChI=1S/C22H17F2N7/c1-30-7-6-18(28-30)12-9-19-13(8-17(12)25)21(27-11-26-19)14-10-31(2)29-22(14)20-15(23)4-3-5-16(20)24/h3-11H,25H2,1-2H3. The zero-order chi connectivity index (χ0) is 21.7. The maximum absolute atomic E-state index is 14.5. The van der Waals surface area contributed by atoms with Gasteiger partial charge >= 0.3 is 0 Å². The zero-order valence-corrected chi connectivity index (χ0v) is 16.7. The molecule has 7 nitrogen and oxygen atoms in total. The van der Waals surface area contributed by atoms with Crippen LogP contribution in [0.4, 0.5) is 14.5 Å². The maximum Gasteiger partial charge on any atom is 0.135 e. The number of hydrogen-bond donors (Lipinski definition) is 1. The van der Waals surface area contributed by atoms with E-state index in [4.69, 9.17) is 5.73 Å². The Morgan fingerprint density at radius 1 is 0.871 bits per heavy atom. The van der Waals surface area contributed by atoms with Crippen LogP contribution >= 0.6 is 0 Å². The fourth-order valence-corrected chi connectivity index (χ4v) is 3.69. The molecule has 0 atom stereocenters. The second-order valence-electron chi connectivity index (χ2n) is 7.22. The summed E-state index contributed by atoms with van der Waals surface area (Å²) in [5, 5.41) is 9.35. The molecule has 0 fully saturated rings. The highest BCUT2D eigenvalue weighted by atomic mass is 19.1. The molecular weight excluding hydrogens is 400 g/mol. The molecule has 2 aromatic carbocycles. The lowest BCUT2D eigenvalue weighted by Crippen LogP contribution is -1.97. The number of benzene rings is 2. The van der Waals surface area contributed by atoms with Gasteiger partial charge in [0.2, 0.25) is 0 Å². The molecule has 154 valence electrons. The van der Waals surface area contributed by atoms with Crippen molar-refractivity contribution in [3.63, 3.8) is 0 Å². The number of aromatic nitrogens is 6. The highest BCUT2D eigenvalue weighted by Gasteiger charge is 2.22. The SMILES string of the molecule is Cn1ccc(-c2cc3ncnc(-c4cn(C)nc4-c4c(F)cccc4F)c3cc2N)n1. The minimum atomic E-state index is -0.699. The van der Waals surface area contributed by atoms with E-state index in [9.17, 15) is 8.78 Å². The molecular formula is C22H17F2N7. The number of nitrogen functional groups attached to an aromatic ring is 1. The maximum atomic E-state index is 14.5. The molecule has 0 aliphatic rings. The van der Waals surface area contributed by atoms with Gasteiger partial charge in [-0.2, -0.15) is 10.2 Å². The Labute approximate surface area is 175 Å². The Kier molecular flexibility index (Phi) is 4.25. The van der Waals surface area contributed by atoms with E-state index in [1.54, 1.807) is 24.0 Å². The summed E-state index contributed by atoms with van der Waals surface area (Å²) in [7, 11) is 3.51. The first-order valence-corrected chi connectivity index (χ1v) is 9.45. The Bertz CT molecular complexity index is 1430. The van der Waals surface area contributed by atoms with Gasteiger partial charge in [0.1, 0.15) is 23.7 Å². The summed E-state index contributed by atoms with van der Waals surface area (Å²) in [4.78, 5) is 8.77. The monoisotopic (exact) mass is 417 g/mol. The van der Waals surface area contributed by atoms with E-state index >= 15 is 0 Å². The highest BCUT2D eigenvalue weighted by Crippen LogP contribution is 2.38. The molecule has 0 aliphatic heterocycles. The van der Waals surface area contributed by atoms with Crippen molar-refractivity contribution >= 4 is 16.6 Å². The predicted molar refractivity (Wildman–Crippen MR) is 114 cm³/mol. The third-order valence-electron chi connectivity index (χ3n) is 5.08. The van der Waals surface area contributed by atoms with Gasteiger partial charge in [-0.05, 0) is 30.3 Å². The fraction of sp³-hybridized carbons (Fsp3) is 0.0909. The second-order valence-corrected chi connectivity index (χ2v) is 7.22. The minimum absolute atomic E-state index is 0.158. The van der Waals surface area contributed by atoms with Crippen molar-refractivity contribution in [2.45, 2.75) is 0 Å². The van der Waals surface area contributed by atoms with Crippen molar-refractivity contribution in [1.29, 1.82) is 0 Å². The van der Waals surface area contributed by atoms with Crippen molar-refractivity contribution in [2.24, 2.45) is 14.1 Å². The number of hydrogen-bond acceptors (Lipinski definition) is 5. The molecule has 2 N–H and O–H groups in total. The zero-order valence-electron chi connectivity index (χ0n) is 16.7. The van der Waals surface area contributed by atoms with Crippen molar-refractivity contribution in [3.8, 4) is 33.8 Å². The van der Waals surface area contributed by atoms with E-state index in [2.05, 4.69) is 20.2 Å². The molecule has 0 saturated heterocycles. The van der Waals surface area contributed by atoms with Gasteiger partial charge in [-0.25, -0.2) is 18.7 Å². The summed E-state index contributed by atoms with van der Waals surface area (Å²) < 4.78 is 32.2. The first kappa shape index (κ1) is 18.9. The van der Waals surface area contributed by atoms with Crippen molar-refractivity contribution in [2.75, 3.05) is 5.73 Å². The normalized spacial score (nSPS) is 11.4. The predicted octanol–water partition coefficient (Wildman–Crippen LogP) is 3.96. The Morgan fingerprint density at radius 3 is 2.35 bits per heavy atom. The van der Waals surface area contributed by atoms with E-state index in [-0.39, 0.29) is 11.3 Å². The lowest BCUT2D eigenvalue weighted by molar-refractivity contribution is 0.588. The first-order chi connectivity index (χ1) is 14.9. The van der Waals surface area contributed by atoms with Gasteiger partial charge in [-0.3, -0.25) is 9.36 Å². The largest absolute Gasteiger partial charge is 0.398 e. The van der Waals surface area contributed by atoms with Crippen LogP contribution in [0.25, 0.3) is 44.7 Å². The van der Waals surface area contributed by atoms with Crippen molar-refractivity contribution < 1.29 is 8.78 Å². The summed E-state index contributed by atoms with van der Waals surface area (Å²) in [6, 6.07) is 9.16. The molecule has 0 amide bonds. The molecule has 0 unspecified atom stereocenters. The van der Waals surface area contributed by atoms with Crippen molar-refractivity contribution in [1.82, 2.24) is 29.5 Å². The third-order valence-corrected chi connectivity index (χ3v) is 5.08. The molecule has 3 heterocycles. The fourth-order valence-electron chi connectivity index (χ4n) is 3.69. The van der Waals surface area contributed by atoms with E-state index in [0.29, 0.717) is 27.8 Å². The van der Waals surface area contributed by atoms with Crippen LogP contribution in [0.2, 0.25) is 0 Å². The summed E-state index contributed by atoms with van der Waals surface area (Å²) in [5.41, 5.74) is 9.82. The minimum Gasteiger partial charge on any atom is -0.398 e.